The van der Waals surface area contributed by atoms with Crippen LogP contribution in [0.1, 0.15) is 6.42 Å². The van der Waals surface area contributed by atoms with Gasteiger partial charge >= 0.3 is 11.9 Å². The number of benzene rings is 3. The van der Waals surface area contributed by atoms with Gasteiger partial charge in [0.25, 0.3) is 0 Å². The molecule has 0 atom stereocenters. The minimum absolute atomic E-state index is 0.186. The number of carbonyl (C=O) groups is 2. The Bertz CT molecular complexity index is 982. The summed E-state index contributed by atoms with van der Waals surface area (Å²) in [6.45, 7) is -0.106. The maximum Gasteiger partial charge on any atom is 0.332 e. The van der Waals surface area contributed by atoms with Gasteiger partial charge in [0.2, 0.25) is 0 Å². The topological polar surface area (TPSA) is 82.1 Å². The molecule has 7 nitrogen and oxygen atoms in total. The number of esters is 1. The van der Waals surface area contributed by atoms with Crippen LogP contribution < -0.4 is 9.22 Å². The molecular formula is C26H28NO6+. The Hall–Kier alpha value is -3.68. The predicted octanol–water partition coefficient (Wildman–Crippen LogP) is 4.70. The zero-order valence-corrected chi connectivity index (χ0v) is 18.6. The van der Waals surface area contributed by atoms with Gasteiger partial charge in [-0.2, -0.15) is 0 Å². The van der Waals surface area contributed by atoms with E-state index in [1.54, 1.807) is 7.11 Å². The summed E-state index contributed by atoms with van der Waals surface area (Å²) in [6.07, 6.45) is 0.570. The van der Waals surface area contributed by atoms with Gasteiger partial charge in [0, 0.05) is 18.6 Å². The van der Waals surface area contributed by atoms with Crippen LogP contribution in [-0.4, -0.2) is 50.5 Å². The molecule has 0 aliphatic carbocycles. The van der Waals surface area contributed by atoms with Gasteiger partial charge in [0.1, 0.15) is 36.0 Å². The quantitative estimate of drug-likeness (QED) is 0.245. The summed E-state index contributed by atoms with van der Waals surface area (Å²) in [5, 5.41) is 8.60. The molecule has 0 radical (unpaired) electrons. The van der Waals surface area contributed by atoms with Gasteiger partial charge in [-0.05, 0) is 36.4 Å². The maximum atomic E-state index is 11.9. The number of aliphatic carboxylic acids is 1. The first kappa shape index (κ1) is 24.0. The molecule has 0 aliphatic rings. The number of rotatable bonds is 12. The van der Waals surface area contributed by atoms with Crippen LogP contribution in [0.5, 0.6) is 5.75 Å². The van der Waals surface area contributed by atoms with Crippen LogP contribution in [0.2, 0.25) is 0 Å². The van der Waals surface area contributed by atoms with Crippen LogP contribution in [-0.2, 0) is 19.1 Å². The highest BCUT2D eigenvalue weighted by Gasteiger charge is 2.36. The fraction of sp³-hybridized carbons (Fsp3) is 0.231. The van der Waals surface area contributed by atoms with Crippen molar-refractivity contribution in [3.05, 3.63) is 84.9 Å². The summed E-state index contributed by atoms with van der Waals surface area (Å²) in [5.41, 5.74) is 3.19. The summed E-state index contributed by atoms with van der Waals surface area (Å²) in [7, 11) is 1.64. The average molecular weight is 451 g/mol. The Morgan fingerprint density at radius 2 is 1.33 bits per heavy atom. The molecule has 0 aliphatic heterocycles. The van der Waals surface area contributed by atoms with Gasteiger partial charge in [-0.3, -0.25) is 0 Å². The summed E-state index contributed by atoms with van der Waals surface area (Å²) in [4.78, 5) is 22.4. The van der Waals surface area contributed by atoms with E-state index in [-0.39, 0.29) is 13.2 Å². The van der Waals surface area contributed by atoms with Crippen molar-refractivity contribution in [1.29, 1.82) is 0 Å². The second-order valence-electron chi connectivity index (χ2n) is 7.36. The molecule has 0 fully saturated rings. The zero-order chi connectivity index (χ0) is 23.5. The monoisotopic (exact) mass is 450 g/mol. The van der Waals surface area contributed by atoms with Gasteiger partial charge in [-0.25, -0.2) is 14.1 Å². The van der Waals surface area contributed by atoms with Crippen molar-refractivity contribution in [3.63, 3.8) is 0 Å². The number of quaternary nitrogens is 1. The van der Waals surface area contributed by atoms with Gasteiger partial charge in [-0.1, -0.05) is 36.4 Å². The van der Waals surface area contributed by atoms with E-state index in [4.69, 9.17) is 19.3 Å². The summed E-state index contributed by atoms with van der Waals surface area (Å²) >= 11 is 0. The highest BCUT2D eigenvalue weighted by Crippen LogP contribution is 2.44. The maximum absolute atomic E-state index is 11.9. The fourth-order valence-corrected chi connectivity index (χ4v) is 3.79. The standard InChI is InChI=1S/C26H27NO6/c1-31-24-15-13-23(14-16-24)27(21-9-4-2-5-10-21,22-11-6-3-7-12-22)17-8-18-33-26(30)20-32-19-25(28)29/h2-7,9-16H,8,17-20H2,1H3/p+1. The SMILES string of the molecule is COc1ccc([N+](CCCOC(=O)COCC(=O)O)(c2ccccc2)c2ccccc2)cc1. The minimum Gasteiger partial charge on any atom is -0.497 e. The van der Waals surface area contributed by atoms with Crippen molar-refractivity contribution in [2.24, 2.45) is 0 Å². The van der Waals surface area contributed by atoms with Gasteiger partial charge in [0.15, 0.2) is 0 Å². The lowest BCUT2D eigenvalue weighted by Gasteiger charge is -2.37. The Morgan fingerprint density at radius 3 is 1.85 bits per heavy atom. The normalized spacial score (nSPS) is 11.1. The third kappa shape index (κ3) is 6.19. The third-order valence-electron chi connectivity index (χ3n) is 5.25. The van der Waals surface area contributed by atoms with Crippen molar-refractivity contribution < 1.29 is 28.9 Å². The van der Waals surface area contributed by atoms with Crippen LogP contribution in [0.25, 0.3) is 0 Å². The highest BCUT2D eigenvalue weighted by atomic mass is 16.6. The van der Waals surface area contributed by atoms with Crippen LogP contribution in [0.3, 0.4) is 0 Å². The van der Waals surface area contributed by atoms with Crippen molar-refractivity contribution in [2.45, 2.75) is 6.42 Å². The first-order valence-electron chi connectivity index (χ1n) is 10.7. The molecule has 3 aromatic carbocycles. The first-order chi connectivity index (χ1) is 16.1. The lowest BCUT2D eigenvalue weighted by molar-refractivity contribution is -0.152. The Morgan fingerprint density at radius 1 is 0.788 bits per heavy atom. The molecule has 33 heavy (non-hydrogen) atoms. The van der Waals surface area contributed by atoms with Gasteiger partial charge in [0.05, 0.1) is 20.3 Å². The number of para-hydroxylation sites is 2. The van der Waals surface area contributed by atoms with E-state index in [9.17, 15) is 9.59 Å². The van der Waals surface area contributed by atoms with Crippen LogP contribution in [0.15, 0.2) is 84.9 Å². The third-order valence-corrected chi connectivity index (χ3v) is 5.25. The minimum atomic E-state index is -1.13. The number of carboxylic acids is 1. The molecule has 7 heteroatoms. The van der Waals surface area contributed by atoms with Crippen LogP contribution >= 0.6 is 0 Å². The molecule has 0 spiro atoms. The van der Waals surface area contributed by atoms with Crippen molar-refractivity contribution in [1.82, 2.24) is 4.48 Å². The molecule has 0 saturated heterocycles. The summed E-state index contributed by atoms with van der Waals surface area (Å²) in [5.74, 6) is -0.943. The summed E-state index contributed by atoms with van der Waals surface area (Å²) in [6, 6.07) is 28.3. The molecule has 3 aromatic rings. The van der Waals surface area contributed by atoms with Crippen molar-refractivity contribution >= 4 is 29.0 Å². The Balaban J connectivity index is 1.86. The van der Waals surface area contributed by atoms with Crippen LogP contribution in [0.4, 0.5) is 17.1 Å². The second kappa shape index (κ2) is 11.8. The molecule has 0 bridgehead atoms. The first-order valence-corrected chi connectivity index (χ1v) is 10.7. The number of carbonyl (C=O) groups excluding carboxylic acids is 1. The van der Waals surface area contributed by atoms with Crippen LogP contribution in [0, 0.1) is 0 Å². The molecule has 0 aromatic heterocycles. The molecular weight excluding hydrogens is 422 g/mol. The van der Waals surface area contributed by atoms with E-state index in [1.165, 1.54) is 0 Å². The van der Waals surface area contributed by atoms with Crippen molar-refractivity contribution in [2.75, 3.05) is 33.5 Å². The lowest BCUT2D eigenvalue weighted by Crippen LogP contribution is -2.40. The predicted molar refractivity (Wildman–Crippen MR) is 126 cm³/mol. The van der Waals surface area contributed by atoms with E-state index in [0.29, 0.717) is 17.4 Å². The number of ether oxygens (including phenoxy) is 3. The Kier molecular flexibility index (Phi) is 8.57. The number of hydrogen-bond acceptors (Lipinski definition) is 5. The molecule has 0 amide bonds. The Labute approximate surface area is 193 Å². The highest BCUT2D eigenvalue weighted by molar-refractivity contribution is 5.73. The van der Waals surface area contributed by atoms with E-state index < -0.39 is 18.5 Å². The van der Waals surface area contributed by atoms with E-state index >= 15 is 0 Å². The number of methoxy groups -OCH3 is 1. The number of hydrogen-bond donors (Lipinski definition) is 1. The summed E-state index contributed by atoms with van der Waals surface area (Å²) < 4.78 is 15.9. The zero-order valence-electron chi connectivity index (χ0n) is 18.6. The molecule has 0 saturated carbocycles. The largest absolute Gasteiger partial charge is 0.497 e. The molecule has 1 N–H and O–H groups in total. The lowest BCUT2D eigenvalue weighted by atomic mass is 10.1. The molecule has 0 unspecified atom stereocenters. The number of carboxylic acid groups (broad SMARTS) is 1. The van der Waals surface area contributed by atoms with E-state index in [0.717, 1.165) is 22.8 Å². The van der Waals surface area contributed by atoms with Crippen molar-refractivity contribution in [3.8, 4) is 5.75 Å². The number of nitrogens with zero attached hydrogens (tertiary/aromatic N) is 1. The molecule has 3 rings (SSSR count). The van der Waals surface area contributed by atoms with Gasteiger partial charge < -0.3 is 19.3 Å². The second-order valence-corrected chi connectivity index (χ2v) is 7.36. The van der Waals surface area contributed by atoms with Gasteiger partial charge in [-0.15, -0.1) is 0 Å². The fourth-order valence-electron chi connectivity index (χ4n) is 3.79. The smallest absolute Gasteiger partial charge is 0.332 e. The van der Waals surface area contributed by atoms with E-state index in [2.05, 4.69) is 24.3 Å². The molecule has 0 heterocycles. The average Bonchev–Trinajstić information content (AvgIpc) is 2.85. The van der Waals surface area contributed by atoms with E-state index in [1.807, 2.05) is 60.7 Å². The molecule has 172 valence electrons.